The lowest BCUT2D eigenvalue weighted by Crippen LogP contribution is -2.41. The summed E-state index contributed by atoms with van der Waals surface area (Å²) in [5.74, 6) is 2.35. The van der Waals surface area contributed by atoms with E-state index in [2.05, 4.69) is 45.4 Å². The molecule has 0 spiro atoms. The van der Waals surface area contributed by atoms with Crippen molar-refractivity contribution in [3.05, 3.63) is 22.2 Å². The zero-order chi connectivity index (χ0) is 14.5. The minimum Gasteiger partial charge on any atom is -0.454 e. The van der Waals surface area contributed by atoms with Crippen molar-refractivity contribution in [3.63, 3.8) is 0 Å². The highest BCUT2D eigenvalue weighted by Crippen LogP contribution is 2.39. The molecule has 1 aliphatic heterocycles. The Hall–Kier alpha value is -0.700. The molecule has 0 aromatic heterocycles. The predicted molar refractivity (Wildman–Crippen MR) is 98.8 cm³/mol. The molecule has 1 aromatic carbocycles. The van der Waals surface area contributed by atoms with E-state index in [4.69, 9.17) is 9.47 Å². The van der Waals surface area contributed by atoms with E-state index in [0.717, 1.165) is 33.9 Å². The third-order valence-electron chi connectivity index (χ3n) is 3.17. The summed E-state index contributed by atoms with van der Waals surface area (Å²) in [6, 6.07) is 4.40. The zero-order valence-corrected chi connectivity index (χ0v) is 16.3. The summed E-state index contributed by atoms with van der Waals surface area (Å²) >= 11 is 3.50. The molecule has 1 aromatic rings. The molecule has 0 saturated carbocycles. The molecule has 21 heavy (non-hydrogen) atoms. The number of rotatable bonds is 4. The van der Waals surface area contributed by atoms with Gasteiger partial charge in [0.2, 0.25) is 6.79 Å². The number of fused-ring (bicyclic) bond motifs is 1. The fourth-order valence-corrected chi connectivity index (χ4v) is 2.44. The zero-order valence-electron chi connectivity index (χ0n) is 12.4. The number of hydrogen-bond acceptors (Lipinski definition) is 3. The highest BCUT2D eigenvalue weighted by Gasteiger charge is 2.17. The van der Waals surface area contributed by atoms with Gasteiger partial charge < -0.3 is 20.1 Å². The minimum absolute atomic E-state index is 0. The van der Waals surface area contributed by atoms with Crippen LogP contribution in [0.5, 0.6) is 11.5 Å². The Balaban J connectivity index is 0.00000220. The van der Waals surface area contributed by atoms with Gasteiger partial charge in [-0.15, -0.1) is 24.0 Å². The molecule has 2 N–H and O–H groups in total. The van der Waals surface area contributed by atoms with Crippen molar-refractivity contribution in [3.8, 4) is 11.5 Å². The van der Waals surface area contributed by atoms with E-state index in [9.17, 15) is 0 Å². The van der Waals surface area contributed by atoms with Crippen LogP contribution in [0.2, 0.25) is 0 Å². The molecule has 7 heteroatoms. The van der Waals surface area contributed by atoms with Gasteiger partial charge in [-0.1, -0.05) is 6.92 Å². The first-order chi connectivity index (χ1) is 9.63. The van der Waals surface area contributed by atoms with Crippen LogP contribution in [0.3, 0.4) is 0 Å². The van der Waals surface area contributed by atoms with Crippen LogP contribution < -0.4 is 20.1 Å². The average molecular weight is 470 g/mol. The molecular weight excluding hydrogens is 449 g/mol. The Morgan fingerprint density at radius 2 is 2.19 bits per heavy atom. The number of halogens is 2. The van der Waals surface area contributed by atoms with Gasteiger partial charge in [-0.2, -0.15) is 0 Å². The molecule has 118 valence electrons. The van der Waals surface area contributed by atoms with Crippen molar-refractivity contribution < 1.29 is 9.47 Å². The fourth-order valence-electron chi connectivity index (χ4n) is 1.84. The van der Waals surface area contributed by atoms with Crippen LogP contribution in [0.1, 0.15) is 25.8 Å². The molecule has 0 bridgehead atoms. The molecule has 0 amide bonds. The van der Waals surface area contributed by atoms with E-state index in [-0.39, 0.29) is 30.8 Å². The summed E-state index contributed by atoms with van der Waals surface area (Å²) in [5.41, 5.74) is 1.10. The van der Waals surface area contributed by atoms with E-state index in [1.165, 1.54) is 0 Å². The fraction of sp³-hybridized carbons (Fsp3) is 0.500. The lowest BCUT2D eigenvalue weighted by molar-refractivity contribution is 0.173. The maximum atomic E-state index is 5.41. The molecule has 0 radical (unpaired) electrons. The normalized spacial score (nSPS) is 14.4. The van der Waals surface area contributed by atoms with Crippen molar-refractivity contribution in [2.24, 2.45) is 4.99 Å². The lowest BCUT2D eigenvalue weighted by Gasteiger charge is -2.16. The van der Waals surface area contributed by atoms with Crippen LogP contribution in [0.25, 0.3) is 0 Å². The highest BCUT2D eigenvalue weighted by molar-refractivity contribution is 14.0. The molecule has 1 atom stereocenters. The van der Waals surface area contributed by atoms with Crippen LogP contribution >= 0.6 is 39.9 Å². The second-order valence-corrected chi connectivity index (χ2v) is 5.55. The Bertz CT molecular complexity index is 511. The minimum atomic E-state index is 0. The maximum Gasteiger partial charge on any atom is 0.231 e. The van der Waals surface area contributed by atoms with E-state index in [1.807, 2.05) is 12.1 Å². The van der Waals surface area contributed by atoms with E-state index < -0.39 is 0 Å². The Morgan fingerprint density at radius 1 is 1.43 bits per heavy atom. The van der Waals surface area contributed by atoms with Gasteiger partial charge in [-0.3, -0.25) is 4.99 Å². The van der Waals surface area contributed by atoms with E-state index in [1.54, 1.807) is 7.05 Å². The van der Waals surface area contributed by atoms with Gasteiger partial charge in [0, 0.05) is 19.6 Å². The molecule has 2 rings (SSSR count). The van der Waals surface area contributed by atoms with Crippen LogP contribution in [0, 0.1) is 0 Å². The lowest BCUT2D eigenvalue weighted by atomic mass is 10.2. The van der Waals surface area contributed by atoms with Crippen LogP contribution in [0.15, 0.2) is 21.6 Å². The van der Waals surface area contributed by atoms with Gasteiger partial charge in [-0.25, -0.2) is 0 Å². The van der Waals surface area contributed by atoms with Crippen molar-refractivity contribution in [1.29, 1.82) is 0 Å². The summed E-state index contributed by atoms with van der Waals surface area (Å²) in [7, 11) is 1.77. The van der Waals surface area contributed by atoms with Crippen LogP contribution in [-0.2, 0) is 6.54 Å². The maximum absolute atomic E-state index is 5.41. The average Bonchev–Trinajstić information content (AvgIpc) is 2.92. The van der Waals surface area contributed by atoms with E-state index in [0.29, 0.717) is 12.6 Å². The van der Waals surface area contributed by atoms with Gasteiger partial charge >= 0.3 is 0 Å². The van der Waals surface area contributed by atoms with Gasteiger partial charge in [0.15, 0.2) is 17.5 Å². The predicted octanol–water partition coefficient (Wildman–Crippen LogP) is 3.26. The molecule has 0 aliphatic carbocycles. The molecule has 0 fully saturated rings. The number of nitrogens with one attached hydrogen (secondary N) is 2. The number of hydrogen-bond donors (Lipinski definition) is 2. The van der Waals surface area contributed by atoms with E-state index >= 15 is 0 Å². The topological polar surface area (TPSA) is 54.9 Å². The quantitative estimate of drug-likeness (QED) is 0.403. The van der Waals surface area contributed by atoms with Crippen LogP contribution in [-0.4, -0.2) is 25.8 Å². The van der Waals surface area contributed by atoms with Gasteiger partial charge in [0.25, 0.3) is 0 Å². The van der Waals surface area contributed by atoms with Crippen LogP contribution in [0.4, 0.5) is 0 Å². The van der Waals surface area contributed by atoms with Gasteiger partial charge in [0.05, 0.1) is 4.47 Å². The number of nitrogens with zero attached hydrogens (tertiary/aromatic N) is 1. The van der Waals surface area contributed by atoms with Gasteiger partial charge in [-0.05, 0) is 47.0 Å². The summed E-state index contributed by atoms with van der Waals surface area (Å²) in [6.07, 6.45) is 1.05. The Kier molecular flexibility index (Phi) is 7.58. The monoisotopic (exact) mass is 469 g/mol. The number of ether oxygens (including phenoxy) is 2. The Morgan fingerprint density at radius 3 is 2.86 bits per heavy atom. The summed E-state index contributed by atoms with van der Waals surface area (Å²) in [6.45, 7) is 5.22. The molecule has 1 heterocycles. The second-order valence-electron chi connectivity index (χ2n) is 4.69. The smallest absolute Gasteiger partial charge is 0.231 e. The summed E-state index contributed by atoms with van der Waals surface area (Å²) in [5, 5.41) is 6.62. The third-order valence-corrected chi connectivity index (χ3v) is 3.76. The second kappa shape index (κ2) is 8.67. The van der Waals surface area contributed by atoms with Crippen molar-refractivity contribution >= 4 is 45.9 Å². The molecule has 1 unspecified atom stereocenters. The summed E-state index contributed by atoms with van der Waals surface area (Å²) in [4.78, 5) is 4.21. The standard InChI is InChI=1S/C14H20BrN3O2.HI/c1-4-9(2)18-14(16-3)17-7-10-5-11(15)13-12(6-10)19-8-20-13;/h5-6,9H,4,7-8H2,1-3H3,(H2,16,17,18);1H. The van der Waals surface area contributed by atoms with Crippen molar-refractivity contribution in [2.45, 2.75) is 32.9 Å². The molecular formula is C14H21BrIN3O2. The highest BCUT2D eigenvalue weighted by atomic mass is 127. The van der Waals surface area contributed by atoms with Gasteiger partial charge in [0.1, 0.15) is 0 Å². The Labute approximate surface area is 151 Å². The van der Waals surface area contributed by atoms with Crippen molar-refractivity contribution in [1.82, 2.24) is 10.6 Å². The first-order valence-corrected chi connectivity index (χ1v) is 7.48. The molecule has 0 saturated heterocycles. The number of guanidine groups is 1. The molecule has 1 aliphatic rings. The SMILES string of the molecule is CCC(C)NC(=NC)NCc1cc(Br)c2c(c1)OCO2.I. The van der Waals surface area contributed by atoms with Crippen molar-refractivity contribution in [2.75, 3.05) is 13.8 Å². The number of benzene rings is 1. The first-order valence-electron chi connectivity index (χ1n) is 6.69. The summed E-state index contributed by atoms with van der Waals surface area (Å²) < 4.78 is 11.7. The third kappa shape index (κ3) is 4.91. The largest absolute Gasteiger partial charge is 0.454 e. The number of aliphatic imine (C=N–C) groups is 1. The molecule has 5 nitrogen and oxygen atoms in total. The first kappa shape index (κ1) is 18.3.